The Morgan fingerprint density at radius 1 is 1.20 bits per heavy atom. The van der Waals surface area contributed by atoms with Gasteiger partial charge in [-0.05, 0) is 19.9 Å². The molecule has 1 heterocycles. The van der Waals surface area contributed by atoms with Gasteiger partial charge in [-0.15, -0.1) is 24.0 Å². The van der Waals surface area contributed by atoms with Gasteiger partial charge in [0.05, 0.1) is 6.26 Å². The molecule has 3 N–H and O–H groups in total. The quantitative estimate of drug-likeness (QED) is 0.244. The number of benzene rings is 1. The largest absolute Gasteiger partial charge is 0.459 e. The van der Waals surface area contributed by atoms with Crippen LogP contribution in [0.2, 0.25) is 0 Å². The van der Waals surface area contributed by atoms with E-state index in [1.165, 1.54) is 0 Å². The van der Waals surface area contributed by atoms with Crippen molar-refractivity contribution in [2.24, 2.45) is 4.99 Å². The van der Waals surface area contributed by atoms with Crippen molar-refractivity contribution in [2.75, 3.05) is 25.9 Å². The minimum Gasteiger partial charge on any atom is -0.459 e. The Kier molecular flexibility index (Phi) is 8.66. The molecule has 2 rings (SSSR count). The van der Waals surface area contributed by atoms with E-state index in [0.717, 1.165) is 28.5 Å². The van der Waals surface area contributed by atoms with E-state index in [0.29, 0.717) is 32.1 Å². The maximum absolute atomic E-state index is 11.0. The van der Waals surface area contributed by atoms with E-state index < -0.39 is 10.0 Å². The Morgan fingerprint density at radius 2 is 1.92 bits per heavy atom. The summed E-state index contributed by atoms with van der Waals surface area (Å²) in [5, 5.41) is 7.31. The molecular weight excluding hydrogens is 455 g/mol. The van der Waals surface area contributed by atoms with Gasteiger partial charge in [0, 0.05) is 30.6 Å². The molecule has 140 valence electrons. The molecule has 0 radical (unpaired) electrons. The van der Waals surface area contributed by atoms with Gasteiger partial charge in [-0.2, -0.15) is 0 Å². The predicted octanol–water partition coefficient (Wildman–Crippen LogP) is 1.96. The van der Waals surface area contributed by atoms with Crippen LogP contribution in [0.15, 0.2) is 33.7 Å². The monoisotopic (exact) mass is 480 g/mol. The van der Waals surface area contributed by atoms with Gasteiger partial charge in [-0.1, -0.05) is 18.2 Å². The molecule has 7 nitrogen and oxygen atoms in total. The molecule has 25 heavy (non-hydrogen) atoms. The maximum Gasteiger partial charge on any atom is 0.208 e. The third-order valence-electron chi connectivity index (χ3n) is 3.45. The number of hydrogen-bond acceptors (Lipinski definition) is 4. The third-order valence-corrected chi connectivity index (χ3v) is 4.18. The van der Waals surface area contributed by atoms with Crippen molar-refractivity contribution in [3.63, 3.8) is 0 Å². The van der Waals surface area contributed by atoms with E-state index in [4.69, 9.17) is 4.42 Å². The standard InChI is InChI=1S/C16H24N4O3S.HI/c1-4-17-16(18-9-10-20-24(3,21)22)19-11-15-12(2)13-7-5-6-8-14(13)23-15;/h5-8,20H,4,9-11H2,1-3H3,(H2,17,18,19);1H. The van der Waals surface area contributed by atoms with Gasteiger partial charge in [-0.25, -0.2) is 18.1 Å². The van der Waals surface area contributed by atoms with E-state index >= 15 is 0 Å². The minimum absolute atomic E-state index is 0. The second-order valence-electron chi connectivity index (χ2n) is 5.43. The second kappa shape index (κ2) is 9.97. The summed E-state index contributed by atoms with van der Waals surface area (Å²) in [5.74, 6) is 1.44. The number of fused-ring (bicyclic) bond motifs is 1. The first-order valence-electron chi connectivity index (χ1n) is 7.84. The molecule has 0 atom stereocenters. The molecule has 0 spiro atoms. The molecule has 1 aromatic heterocycles. The van der Waals surface area contributed by atoms with Crippen LogP contribution >= 0.6 is 24.0 Å². The van der Waals surface area contributed by atoms with Gasteiger partial charge in [0.15, 0.2) is 5.96 Å². The van der Waals surface area contributed by atoms with Crippen molar-refractivity contribution in [2.45, 2.75) is 20.4 Å². The van der Waals surface area contributed by atoms with Crippen LogP contribution in [0.25, 0.3) is 11.0 Å². The second-order valence-corrected chi connectivity index (χ2v) is 7.27. The lowest BCUT2D eigenvalue weighted by molar-refractivity contribution is 0.548. The average Bonchev–Trinajstić information content (AvgIpc) is 2.85. The molecule has 0 unspecified atom stereocenters. The Balaban J connectivity index is 0.00000312. The van der Waals surface area contributed by atoms with Crippen LogP contribution in [0.1, 0.15) is 18.2 Å². The number of aliphatic imine (C=N–C) groups is 1. The molecule has 2 aromatic rings. The van der Waals surface area contributed by atoms with Gasteiger partial charge < -0.3 is 15.1 Å². The molecule has 9 heteroatoms. The van der Waals surface area contributed by atoms with Gasteiger partial charge in [0.2, 0.25) is 10.0 Å². The molecule has 0 saturated heterocycles. The summed E-state index contributed by atoms with van der Waals surface area (Å²) >= 11 is 0. The Hall–Kier alpha value is -1.33. The maximum atomic E-state index is 11.0. The highest BCUT2D eigenvalue weighted by molar-refractivity contribution is 14.0. The number of aryl methyl sites for hydroxylation is 1. The minimum atomic E-state index is -3.18. The zero-order valence-corrected chi connectivity index (χ0v) is 17.8. The fraction of sp³-hybridized carbons (Fsp3) is 0.438. The number of halogens is 1. The summed E-state index contributed by atoms with van der Waals surface area (Å²) in [4.78, 5) is 4.50. The van der Waals surface area contributed by atoms with Gasteiger partial charge in [0.25, 0.3) is 0 Å². The summed E-state index contributed by atoms with van der Waals surface area (Å²) in [5.41, 5.74) is 1.94. The Bertz CT molecular complexity index is 818. The predicted molar refractivity (Wildman–Crippen MR) is 112 cm³/mol. The highest BCUT2D eigenvalue weighted by Crippen LogP contribution is 2.25. The number of nitrogens with one attached hydrogen (secondary N) is 3. The number of hydrogen-bond donors (Lipinski definition) is 3. The van der Waals surface area contributed by atoms with Gasteiger partial charge in [0.1, 0.15) is 17.9 Å². The summed E-state index contributed by atoms with van der Waals surface area (Å²) in [7, 11) is -3.18. The summed E-state index contributed by atoms with van der Waals surface area (Å²) < 4.78 is 30.3. The number of rotatable bonds is 7. The molecule has 1 aromatic carbocycles. The highest BCUT2D eigenvalue weighted by atomic mass is 127. The van der Waals surface area contributed by atoms with Crippen molar-refractivity contribution >= 4 is 50.9 Å². The van der Waals surface area contributed by atoms with Crippen LogP contribution in [0.5, 0.6) is 0 Å². The zero-order valence-electron chi connectivity index (χ0n) is 14.6. The number of sulfonamides is 1. The normalized spacial score (nSPS) is 12.0. The van der Waals surface area contributed by atoms with Crippen LogP contribution in [0.3, 0.4) is 0 Å². The fourth-order valence-corrected chi connectivity index (χ4v) is 2.76. The average molecular weight is 480 g/mol. The summed E-state index contributed by atoms with van der Waals surface area (Å²) in [6.07, 6.45) is 1.14. The molecule has 0 aliphatic heterocycles. The van der Waals surface area contributed by atoms with E-state index in [1.54, 1.807) is 0 Å². The molecule has 0 saturated carbocycles. The van der Waals surface area contributed by atoms with Crippen LogP contribution in [0, 0.1) is 6.92 Å². The first-order chi connectivity index (χ1) is 11.4. The van der Waals surface area contributed by atoms with E-state index in [1.807, 2.05) is 38.1 Å². The van der Waals surface area contributed by atoms with Crippen LogP contribution in [-0.4, -0.2) is 40.3 Å². The SMILES string of the molecule is CCNC(=NCc1oc2ccccc2c1C)NCCNS(C)(=O)=O.I. The number of guanidine groups is 1. The number of nitrogens with zero attached hydrogens (tertiary/aromatic N) is 1. The van der Waals surface area contributed by atoms with Gasteiger partial charge in [-0.3, -0.25) is 0 Å². The first kappa shape index (κ1) is 21.7. The van der Waals surface area contributed by atoms with Crippen molar-refractivity contribution in [3.05, 3.63) is 35.6 Å². The molecule has 0 amide bonds. The van der Waals surface area contributed by atoms with Crippen LogP contribution < -0.4 is 15.4 Å². The van der Waals surface area contributed by atoms with Crippen molar-refractivity contribution < 1.29 is 12.8 Å². The van der Waals surface area contributed by atoms with Crippen molar-refractivity contribution in [1.29, 1.82) is 0 Å². The third kappa shape index (κ3) is 6.83. The summed E-state index contributed by atoms with van der Waals surface area (Å²) in [6, 6.07) is 7.90. The zero-order chi connectivity index (χ0) is 17.6. The van der Waals surface area contributed by atoms with Crippen molar-refractivity contribution in [3.8, 4) is 0 Å². The molecule has 0 aliphatic carbocycles. The van der Waals surface area contributed by atoms with E-state index in [-0.39, 0.29) is 24.0 Å². The van der Waals surface area contributed by atoms with E-state index in [9.17, 15) is 8.42 Å². The summed E-state index contributed by atoms with van der Waals surface area (Å²) in [6.45, 7) is 5.86. The fourth-order valence-electron chi connectivity index (χ4n) is 2.29. The molecule has 0 bridgehead atoms. The molecule has 0 aliphatic rings. The topological polar surface area (TPSA) is 95.7 Å². The highest BCUT2D eigenvalue weighted by Gasteiger charge is 2.09. The van der Waals surface area contributed by atoms with E-state index in [2.05, 4.69) is 20.3 Å². The lowest BCUT2D eigenvalue weighted by atomic mass is 10.1. The molecule has 0 fully saturated rings. The lowest BCUT2D eigenvalue weighted by Gasteiger charge is -2.11. The Morgan fingerprint density at radius 3 is 2.56 bits per heavy atom. The van der Waals surface area contributed by atoms with Crippen LogP contribution in [0.4, 0.5) is 0 Å². The van der Waals surface area contributed by atoms with Crippen LogP contribution in [-0.2, 0) is 16.6 Å². The first-order valence-corrected chi connectivity index (χ1v) is 9.73. The smallest absolute Gasteiger partial charge is 0.208 e. The van der Waals surface area contributed by atoms with Crippen molar-refractivity contribution in [1.82, 2.24) is 15.4 Å². The number of para-hydroxylation sites is 1. The Labute approximate surface area is 165 Å². The molecular formula is C16H25IN4O3S. The lowest BCUT2D eigenvalue weighted by Crippen LogP contribution is -2.41. The number of furan rings is 1. The van der Waals surface area contributed by atoms with Gasteiger partial charge >= 0.3 is 0 Å².